The van der Waals surface area contributed by atoms with Gasteiger partial charge in [-0.15, -0.1) is 0 Å². The quantitative estimate of drug-likeness (QED) is 0.476. The second-order valence-corrected chi connectivity index (χ2v) is 7.48. The van der Waals surface area contributed by atoms with E-state index < -0.39 is 11.9 Å². The predicted octanol–water partition coefficient (Wildman–Crippen LogP) is 4.09. The first kappa shape index (κ1) is 19.4. The van der Waals surface area contributed by atoms with E-state index in [0.29, 0.717) is 41.0 Å². The van der Waals surface area contributed by atoms with Gasteiger partial charge in [0.05, 0.1) is 28.7 Å². The zero-order chi connectivity index (χ0) is 21.4. The van der Waals surface area contributed by atoms with Crippen LogP contribution in [0.4, 0.5) is 4.39 Å². The summed E-state index contributed by atoms with van der Waals surface area (Å²) in [6.45, 7) is 0.482. The van der Waals surface area contributed by atoms with Gasteiger partial charge < -0.3 is 9.42 Å². The Morgan fingerprint density at radius 3 is 2.77 bits per heavy atom. The zero-order valence-corrected chi connectivity index (χ0v) is 16.9. The van der Waals surface area contributed by atoms with Gasteiger partial charge in [-0.25, -0.2) is 4.39 Å². The maximum atomic E-state index is 14.0. The van der Waals surface area contributed by atoms with Gasteiger partial charge in [0, 0.05) is 12.1 Å². The van der Waals surface area contributed by atoms with E-state index in [2.05, 4.69) is 20.3 Å². The SMILES string of the molecule is O=C(c1cc(F)ccc1-n1nccn1)N1CCCC1c1nc(-c2ccccc2Cl)no1. The van der Waals surface area contributed by atoms with Crippen molar-refractivity contribution in [2.24, 2.45) is 0 Å². The Morgan fingerprint density at radius 2 is 1.97 bits per heavy atom. The second kappa shape index (κ2) is 7.92. The first-order valence-electron chi connectivity index (χ1n) is 9.67. The highest BCUT2D eigenvalue weighted by molar-refractivity contribution is 6.33. The molecule has 156 valence electrons. The third-order valence-electron chi connectivity index (χ3n) is 5.18. The number of amides is 1. The third kappa shape index (κ3) is 3.57. The fraction of sp³-hybridized carbons (Fsp3) is 0.190. The minimum atomic E-state index is -0.520. The number of carbonyl (C=O) groups is 1. The van der Waals surface area contributed by atoms with E-state index in [-0.39, 0.29) is 11.5 Å². The van der Waals surface area contributed by atoms with Gasteiger partial charge in [-0.1, -0.05) is 28.9 Å². The van der Waals surface area contributed by atoms with Gasteiger partial charge in [-0.3, -0.25) is 4.79 Å². The molecule has 8 nitrogen and oxygen atoms in total. The Labute approximate surface area is 181 Å². The molecule has 1 atom stereocenters. The summed E-state index contributed by atoms with van der Waals surface area (Å²) in [5, 5.41) is 12.7. The molecular weight excluding hydrogens is 423 g/mol. The van der Waals surface area contributed by atoms with Crippen LogP contribution in [0.2, 0.25) is 5.02 Å². The molecule has 1 amide bonds. The molecule has 4 aromatic rings. The molecule has 0 saturated carbocycles. The molecule has 1 saturated heterocycles. The standard InChI is InChI=1S/C21H16ClFN6O2/c22-16-5-2-1-4-14(16)19-26-20(31-27-19)18-6-3-11-28(18)21(30)15-12-13(23)7-8-17(15)29-24-9-10-25-29/h1-2,4-5,7-10,12,18H,3,6,11H2. The van der Waals surface area contributed by atoms with E-state index in [9.17, 15) is 9.18 Å². The van der Waals surface area contributed by atoms with Crippen molar-refractivity contribution in [1.82, 2.24) is 30.0 Å². The van der Waals surface area contributed by atoms with Gasteiger partial charge in [0.1, 0.15) is 11.9 Å². The van der Waals surface area contributed by atoms with Crippen LogP contribution < -0.4 is 0 Å². The Hall–Kier alpha value is -3.59. The molecular formula is C21H16ClFN6O2. The molecule has 3 heterocycles. The normalized spacial score (nSPS) is 16.1. The molecule has 1 unspecified atom stereocenters. The molecule has 2 aromatic heterocycles. The van der Waals surface area contributed by atoms with Crippen LogP contribution in [0.25, 0.3) is 17.1 Å². The van der Waals surface area contributed by atoms with E-state index in [1.165, 1.54) is 35.4 Å². The fourth-order valence-electron chi connectivity index (χ4n) is 3.74. The van der Waals surface area contributed by atoms with Gasteiger partial charge in [0.2, 0.25) is 11.7 Å². The lowest BCUT2D eigenvalue weighted by Crippen LogP contribution is -2.31. The topological polar surface area (TPSA) is 89.9 Å². The maximum Gasteiger partial charge on any atom is 0.256 e. The summed E-state index contributed by atoms with van der Waals surface area (Å²) in [7, 11) is 0. The Morgan fingerprint density at radius 1 is 1.16 bits per heavy atom. The second-order valence-electron chi connectivity index (χ2n) is 7.07. The maximum absolute atomic E-state index is 14.0. The Bertz CT molecular complexity index is 1240. The molecule has 1 aliphatic heterocycles. The van der Waals surface area contributed by atoms with Crippen molar-refractivity contribution >= 4 is 17.5 Å². The van der Waals surface area contributed by atoms with E-state index >= 15 is 0 Å². The molecule has 0 aliphatic carbocycles. The van der Waals surface area contributed by atoms with Gasteiger partial charge in [-0.05, 0) is 43.2 Å². The fourth-order valence-corrected chi connectivity index (χ4v) is 3.96. The Balaban J connectivity index is 1.48. The van der Waals surface area contributed by atoms with Crippen molar-refractivity contribution in [2.45, 2.75) is 18.9 Å². The van der Waals surface area contributed by atoms with E-state index in [0.717, 1.165) is 6.42 Å². The lowest BCUT2D eigenvalue weighted by molar-refractivity contribution is 0.0709. The van der Waals surface area contributed by atoms with Crippen LogP contribution in [0.1, 0.15) is 35.1 Å². The van der Waals surface area contributed by atoms with Crippen molar-refractivity contribution < 1.29 is 13.7 Å². The zero-order valence-electron chi connectivity index (χ0n) is 16.2. The summed E-state index contributed by atoms with van der Waals surface area (Å²) in [5.74, 6) is -0.205. The van der Waals surface area contributed by atoms with Crippen molar-refractivity contribution in [1.29, 1.82) is 0 Å². The average Bonchev–Trinajstić information content (AvgIpc) is 3.54. The summed E-state index contributed by atoms with van der Waals surface area (Å²) in [5.41, 5.74) is 1.20. The van der Waals surface area contributed by atoms with E-state index in [1.807, 2.05) is 12.1 Å². The number of rotatable bonds is 4. The summed E-state index contributed by atoms with van der Waals surface area (Å²) in [6.07, 6.45) is 4.39. The van der Waals surface area contributed by atoms with E-state index in [4.69, 9.17) is 16.1 Å². The first-order chi connectivity index (χ1) is 15.1. The van der Waals surface area contributed by atoms with Gasteiger partial charge in [0.15, 0.2) is 0 Å². The van der Waals surface area contributed by atoms with Crippen molar-refractivity contribution in [2.75, 3.05) is 6.54 Å². The lowest BCUT2D eigenvalue weighted by atomic mass is 10.1. The molecule has 1 fully saturated rings. The van der Waals surface area contributed by atoms with Gasteiger partial charge in [0.25, 0.3) is 5.91 Å². The lowest BCUT2D eigenvalue weighted by Gasteiger charge is -2.23. The molecule has 0 radical (unpaired) electrons. The van der Waals surface area contributed by atoms with E-state index in [1.54, 1.807) is 17.0 Å². The Kier molecular flexibility index (Phi) is 4.95. The van der Waals surface area contributed by atoms with Gasteiger partial charge in [-0.2, -0.15) is 20.0 Å². The molecule has 2 aromatic carbocycles. The van der Waals surface area contributed by atoms with Crippen LogP contribution in [0.3, 0.4) is 0 Å². The number of benzene rings is 2. The smallest absolute Gasteiger partial charge is 0.256 e. The predicted molar refractivity (Wildman–Crippen MR) is 109 cm³/mol. The highest BCUT2D eigenvalue weighted by atomic mass is 35.5. The van der Waals surface area contributed by atoms with Crippen LogP contribution in [0.15, 0.2) is 59.4 Å². The number of aromatic nitrogens is 5. The molecule has 31 heavy (non-hydrogen) atoms. The number of likely N-dealkylation sites (tertiary alicyclic amines) is 1. The van der Waals surface area contributed by atoms with Crippen LogP contribution >= 0.6 is 11.6 Å². The summed E-state index contributed by atoms with van der Waals surface area (Å²) in [4.78, 5) is 20.8. The van der Waals surface area contributed by atoms with Crippen LogP contribution in [-0.2, 0) is 0 Å². The monoisotopic (exact) mass is 438 g/mol. The minimum Gasteiger partial charge on any atom is -0.337 e. The molecule has 0 spiro atoms. The third-order valence-corrected chi connectivity index (χ3v) is 5.51. The number of halogens is 2. The minimum absolute atomic E-state index is 0.161. The van der Waals surface area contributed by atoms with Crippen molar-refractivity contribution in [3.05, 3.63) is 77.2 Å². The molecule has 5 rings (SSSR count). The van der Waals surface area contributed by atoms with Crippen molar-refractivity contribution in [3.8, 4) is 17.1 Å². The molecule has 1 aliphatic rings. The van der Waals surface area contributed by atoms with Crippen LogP contribution in [0.5, 0.6) is 0 Å². The molecule has 0 bridgehead atoms. The number of nitrogens with zero attached hydrogens (tertiary/aromatic N) is 6. The summed E-state index contributed by atoms with van der Waals surface area (Å²) in [6, 6.07) is 10.7. The highest BCUT2D eigenvalue weighted by Crippen LogP contribution is 2.35. The highest BCUT2D eigenvalue weighted by Gasteiger charge is 2.36. The summed E-state index contributed by atoms with van der Waals surface area (Å²) < 4.78 is 19.5. The number of carbonyl (C=O) groups excluding carboxylic acids is 1. The largest absolute Gasteiger partial charge is 0.337 e. The van der Waals surface area contributed by atoms with Crippen LogP contribution in [0, 0.1) is 5.82 Å². The number of hydrogen-bond acceptors (Lipinski definition) is 6. The molecule has 10 heteroatoms. The number of hydrogen-bond donors (Lipinski definition) is 0. The van der Waals surface area contributed by atoms with Crippen molar-refractivity contribution in [3.63, 3.8) is 0 Å². The van der Waals surface area contributed by atoms with Crippen LogP contribution in [-0.4, -0.2) is 42.5 Å². The van der Waals surface area contributed by atoms with Gasteiger partial charge >= 0.3 is 0 Å². The summed E-state index contributed by atoms with van der Waals surface area (Å²) >= 11 is 6.23. The molecule has 0 N–H and O–H groups in total. The first-order valence-corrected chi connectivity index (χ1v) is 10.1. The average molecular weight is 439 g/mol.